The third-order valence-corrected chi connectivity index (χ3v) is 5.47. The minimum absolute atomic E-state index is 0.0250. The fraction of sp³-hybridized carbons (Fsp3) is 0.440. The average molecular weight is 453 g/mol. The number of hydrogen-bond acceptors (Lipinski definition) is 7. The molecule has 2 aromatic rings. The van der Waals surface area contributed by atoms with Gasteiger partial charge in [-0.25, -0.2) is 9.97 Å². The van der Waals surface area contributed by atoms with Crippen molar-refractivity contribution in [2.45, 2.75) is 46.3 Å². The molecule has 1 N–H and O–H groups in total. The van der Waals surface area contributed by atoms with E-state index in [9.17, 15) is 14.7 Å². The van der Waals surface area contributed by atoms with Crippen molar-refractivity contribution in [2.75, 3.05) is 27.2 Å². The lowest BCUT2D eigenvalue weighted by Crippen LogP contribution is -2.32. The van der Waals surface area contributed by atoms with Crippen LogP contribution >= 0.6 is 0 Å². The Morgan fingerprint density at radius 3 is 2.42 bits per heavy atom. The van der Waals surface area contributed by atoms with Crippen LogP contribution in [-0.4, -0.2) is 69.9 Å². The lowest BCUT2D eigenvalue weighted by Gasteiger charge is -2.26. The minimum atomic E-state index is -0.707. The molecular weight excluding hydrogens is 420 g/mol. The number of aryl methyl sites for hydroxylation is 2. The zero-order valence-electron chi connectivity index (χ0n) is 20.1. The smallest absolute Gasteiger partial charge is 0.295 e. The number of rotatable bonds is 8. The van der Waals surface area contributed by atoms with Crippen LogP contribution in [0.3, 0.4) is 0 Å². The van der Waals surface area contributed by atoms with Crippen LogP contribution in [0.25, 0.3) is 5.76 Å². The Morgan fingerprint density at radius 2 is 1.85 bits per heavy atom. The van der Waals surface area contributed by atoms with Gasteiger partial charge in [0.1, 0.15) is 17.3 Å². The summed E-state index contributed by atoms with van der Waals surface area (Å²) in [5.41, 5.74) is 1.66. The summed E-state index contributed by atoms with van der Waals surface area (Å²) < 4.78 is 5.73. The van der Waals surface area contributed by atoms with Crippen molar-refractivity contribution in [3.8, 4) is 5.75 Å². The molecule has 33 heavy (non-hydrogen) atoms. The van der Waals surface area contributed by atoms with Crippen molar-refractivity contribution in [1.82, 2.24) is 19.8 Å². The van der Waals surface area contributed by atoms with Crippen molar-refractivity contribution in [1.29, 1.82) is 0 Å². The second kappa shape index (κ2) is 10.1. The Bertz CT molecular complexity index is 1060. The molecule has 1 amide bonds. The number of aliphatic hydroxyl groups excluding tert-OH is 1. The van der Waals surface area contributed by atoms with Crippen LogP contribution in [0.15, 0.2) is 36.0 Å². The molecule has 1 fully saturated rings. The van der Waals surface area contributed by atoms with Crippen LogP contribution in [0.1, 0.15) is 49.0 Å². The molecule has 3 rings (SSSR count). The summed E-state index contributed by atoms with van der Waals surface area (Å²) >= 11 is 0. The highest BCUT2D eigenvalue weighted by molar-refractivity contribution is 6.46. The molecule has 1 aromatic carbocycles. The van der Waals surface area contributed by atoms with Crippen molar-refractivity contribution in [3.63, 3.8) is 0 Å². The van der Waals surface area contributed by atoms with E-state index in [1.165, 1.54) is 6.20 Å². The summed E-state index contributed by atoms with van der Waals surface area (Å²) in [6, 6.07) is 6.59. The van der Waals surface area contributed by atoms with Crippen molar-refractivity contribution in [3.05, 3.63) is 58.7 Å². The fourth-order valence-electron chi connectivity index (χ4n) is 3.98. The van der Waals surface area contributed by atoms with Crippen molar-refractivity contribution in [2.24, 2.45) is 0 Å². The number of amides is 1. The van der Waals surface area contributed by atoms with Crippen LogP contribution in [0, 0.1) is 13.8 Å². The van der Waals surface area contributed by atoms with E-state index in [1.807, 2.05) is 57.1 Å². The molecule has 0 aliphatic carbocycles. The molecule has 1 aliphatic rings. The van der Waals surface area contributed by atoms with Crippen LogP contribution in [0.4, 0.5) is 0 Å². The third kappa shape index (κ3) is 5.39. The number of ketones is 1. The molecule has 176 valence electrons. The molecule has 1 unspecified atom stereocenters. The van der Waals surface area contributed by atoms with E-state index in [2.05, 4.69) is 9.97 Å². The Kier molecular flexibility index (Phi) is 7.48. The van der Waals surface area contributed by atoms with Gasteiger partial charge in [0.25, 0.3) is 11.7 Å². The van der Waals surface area contributed by atoms with Gasteiger partial charge in [-0.2, -0.15) is 0 Å². The van der Waals surface area contributed by atoms with Gasteiger partial charge in [-0.1, -0.05) is 12.1 Å². The minimum Gasteiger partial charge on any atom is -0.507 e. The SMILES string of the molecule is Cc1ncc(/C(O)=C2\C(=O)C(=O)N(CCCN(C)C)C2c2ccc(OC(C)C)cc2)c(C)n1. The Hall–Kier alpha value is -3.26. The highest BCUT2D eigenvalue weighted by atomic mass is 16.5. The molecule has 0 saturated carbocycles. The highest BCUT2D eigenvalue weighted by Gasteiger charge is 2.46. The largest absolute Gasteiger partial charge is 0.507 e. The highest BCUT2D eigenvalue weighted by Crippen LogP contribution is 2.40. The molecule has 0 bridgehead atoms. The quantitative estimate of drug-likeness (QED) is 0.373. The van der Waals surface area contributed by atoms with E-state index in [-0.39, 0.29) is 17.4 Å². The molecule has 2 heterocycles. The first-order chi connectivity index (χ1) is 15.6. The molecule has 8 heteroatoms. The number of likely N-dealkylation sites (tertiary alicyclic amines) is 1. The Morgan fingerprint density at radius 1 is 1.18 bits per heavy atom. The zero-order chi connectivity index (χ0) is 24.3. The summed E-state index contributed by atoms with van der Waals surface area (Å²) in [6.45, 7) is 8.53. The number of ether oxygens (including phenoxy) is 1. The van der Waals surface area contributed by atoms with Gasteiger partial charge >= 0.3 is 0 Å². The predicted octanol–water partition coefficient (Wildman–Crippen LogP) is 3.25. The summed E-state index contributed by atoms with van der Waals surface area (Å²) in [6.07, 6.45) is 2.21. The standard InChI is InChI=1S/C25H32N4O4/c1-15(2)33-19-10-8-18(9-11-19)22-21(23(30)20-14-26-17(4)27-16(20)3)24(31)25(32)29(22)13-7-12-28(5)6/h8-11,14-15,22,30H,7,12-13H2,1-6H3/b23-21+. The number of aliphatic hydroxyl groups is 1. The van der Waals surface area contributed by atoms with Crippen molar-refractivity contribution < 1.29 is 19.4 Å². The monoisotopic (exact) mass is 452 g/mol. The van der Waals surface area contributed by atoms with Gasteiger partial charge < -0.3 is 19.6 Å². The predicted molar refractivity (Wildman–Crippen MR) is 126 cm³/mol. The maximum atomic E-state index is 13.1. The molecule has 1 saturated heterocycles. The van der Waals surface area contributed by atoms with Gasteiger partial charge in [0, 0.05) is 12.7 Å². The molecule has 1 aromatic heterocycles. The molecule has 0 spiro atoms. The van der Waals surface area contributed by atoms with Crippen LogP contribution in [0.5, 0.6) is 5.75 Å². The third-order valence-electron chi connectivity index (χ3n) is 5.47. The first-order valence-electron chi connectivity index (χ1n) is 11.1. The van der Waals surface area contributed by atoms with E-state index in [0.29, 0.717) is 35.8 Å². The number of benzene rings is 1. The fourth-order valence-corrected chi connectivity index (χ4v) is 3.98. The van der Waals surface area contributed by atoms with Crippen LogP contribution in [-0.2, 0) is 9.59 Å². The van der Waals surface area contributed by atoms with E-state index in [1.54, 1.807) is 18.7 Å². The Balaban J connectivity index is 2.09. The first-order valence-corrected chi connectivity index (χ1v) is 11.1. The van der Waals surface area contributed by atoms with Crippen molar-refractivity contribution >= 4 is 17.4 Å². The van der Waals surface area contributed by atoms with Crippen LogP contribution < -0.4 is 4.74 Å². The average Bonchev–Trinajstić information content (AvgIpc) is 2.98. The van der Waals surface area contributed by atoms with E-state index < -0.39 is 17.7 Å². The zero-order valence-corrected chi connectivity index (χ0v) is 20.1. The lowest BCUT2D eigenvalue weighted by molar-refractivity contribution is -0.139. The van der Waals surface area contributed by atoms with Crippen LogP contribution in [0.2, 0.25) is 0 Å². The maximum absolute atomic E-state index is 13.1. The second-order valence-electron chi connectivity index (χ2n) is 8.80. The maximum Gasteiger partial charge on any atom is 0.295 e. The topological polar surface area (TPSA) is 95.9 Å². The Labute approximate surface area is 194 Å². The summed E-state index contributed by atoms with van der Waals surface area (Å²) in [5, 5.41) is 11.2. The van der Waals surface area contributed by atoms with Gasteiger partial charge in [0.2, 0.25) is 0 Å². The van der Waals surface area contributed by atoms with Gasteiger partial charge in [-0.3, -0.25) is 9.59 Å². The normalized spacial score (nSPS) is 17.9. The van der Waals surface area contributed by atoms with Gasteiger partial charge in [-0.15, -0.1) is 0 Å². The first kappa shape index (κ1) is 24.4. The second-order valence-corrected chi connectivity index (χ2v) is 8.80. The number of aromatic nitrogens is 2. The number of Topliss-reactive ketones (excluding diaryl/α,β-unsaturated/α-hetero) is 1. The molecule has 8 nitrogen and oxygen atoms in total. The van der Waals surface area contributed by atoms with Gasteiger partial charge in [0.15, 0.2) is 0 Å². The molecular formula is C25H32N4O4. The molecule has 1 aliphatic heterocycles. The molecule has 0 radical (unpaired) electrons. The van der Waals surface area contributed by atoms with Gasteiger partial charge in [-0.05, 0) is 72.5 Å². The van der Waals surface area contributed by atoms with E-state index in [4.69, 9.17) is 4.74 Å². The number of nitrogens with zero attached hydrogens (tertiary/aromatic N) is 4. The van der Waals surface area contributed by atoms with Gasteiger partial charge in [0.05, 0.1) is 29.0 Å². The molecule has 1 atom stereocenters. The number of hydrogen-bond donors (Lipinski definition) is 1. The number of carbonyl (C=O) groups is 2. The lowest BCUT2D eigenvalue weighted by atomic mass is 9.95. The number of carbonyl (C=O) groups excluding carboxylic acids is 2. The van der Waals surface area contributed by atoms with E-state index in [0.717, 1.165) is 12.1 Å². The summed E-state index contributed by atoms with van der Waals surface area (Å²) in [5.74, 6) is -0.321. The summed E-state index contributed by atoms with van der Waals surface area (Å²) in [7, 11) is 3.92. The van der Waals surface area contributed by atoms with E-state index >= 15 is 0 Å². The summed E-state index contributed by atoms with van der Waals surface area (Å²) in [4.78, 5) is 38.2.